The lowest BCUT2D eigenvalue weighted by molar-refractivity contribution is 0.0645. The van der Waals surface area contributed by atoms with Gasteiger partial charge >= 0.3 is 0 Å². The molecule has 1 saturated heterocycles. The summed E-state index contributed by atoms with van der Waals surface area (Å²) in [5.74, 6) is 2.51. The van der Waals surface area contributed by atoms with Crippen molar-refractivity contribution in [2.75, 3.05) is 33.4 Å². The zero-order valence-electron chi connectivity index (χ0n) is 19.8. The zero-order chi connectivity index (χ0) is 22.8. The van der Waals surface area contributed by atoms with Crippen LogP contribution in [0.4, 0.5) is 0 Å². The van der Waals surface area contributed by atoms with Crippen LogP contribution in [0.1, 0.15) is 68.9 Å². The van der Waals surface area contributed by atoms with E-state index < -0.39 is 6.10 Å². The SMILES string of the molecule is COc1cc(CNCc2cc(C(C)C)no2)ccc1OCC(O)CN1CCCCCCC1. The molecule has 1 unspecified atom stereocenters. The normalized spacial score (nSPS) is 16.5. The van der Waals surface area contributed by atoms with Gasteiger partial charge in [-0.3, -0.25) is 0 Å². The third kappa shape index (κ3) is 7.80. The number of likely N-dealkylation sites (tertiary alicyclic amines) is 1. The first kappa shape index (κ1) is 24.6. The molecule has 2 heterocycles. The minimum absolute atomic E-state index is 0.258. The number of rotatable bonds is 11. The van der Waals surface area contributed by atoms with Crippen molar-refractivity contribution < 1.29 is 19.1 Å². The molecule has 1 aromatic heterocycles. The number of aliphatic hydroxyl groups is 1. The average Bonchev–Trinajstić information content (AvgIpc) is 3.24. The highest BCUT2D eigenvalue weighted by atomic mass is 16.5. The Morgan fingerprint density at radius 2 is 1.81 bits per heavy atom. The molecular formula is C25H39N3O4. The Bertz CT molecular complexity index is 800. The third-order valence-electron chi connectivity index (χ3n) is 5.87. The molecule has 0 spiro atoms. The Morgan fingerprint density at radius 3 is 2.50 bits per heavy atom. The first-order valence-corrected chi connectivity index (χ1v) is 11.9. The quantitative estimate of drug-likeness (QED) is 0.539. The Hall–Kier alpha value is -2.09. The average molecular weight is 446 g/mol. The summed E-state index contributed by atoms with van der Waals surface area (Å²) in [5, 5.41) is 17.9. The number of nitrogens with zero attached hydrogens (tertiary/aromatic N) is 2. The van der Waals surface area contributed by atoms with Crippen molar-refractivity contribution in [1.82, 2.24) is 15.4 Å². The first-order chi connectivity index (χ1) is 15.5. The van der Waals surface area contributed by atoms with Gasteiger partial charge in [-0.1, -0.05) is 44.3 Å². The van der Waals surface area contributed by atoms with Crippen molar-refractivity contribution in [2.45, 2.75) is 71.1 Å². The predicted octanol–water partition coefficient (Wildman–Crippen LogP) is 4.10. The van der Waals surface area contributed by atoms with Gasteiger partial charge in [0.05, 0.1) is 19.3 Å². The Labute approximate surface area is 192 Å². The van der Waals surface area contributed by atoms with Gasteiger partial charge < -0.3 is 29.3 Å². The summed E-state index contributed by atoms with van der Waals surface area (Å²) < 4.78 is 16.8. The third-order valence-corrected chi connectivity index (χ3v) is 5.87. The van der Waals surface area contributed by atoms with Gasteiger partial charge in [0, 0.05) is 19.2 Å². The highest BCUT2D eigenvalue weighted by Crippen LogP contribution is 2.28. The summed E-state index contributed by atoms with van der Waals surface area (Å²) in [6.07, 6.45) is 5.83. The lowest BCUT2D eigenvalue weighted by Gasteiger charge is -2.26. The molecule has 32 heavy (non-hydrogen) atoms. The number of aliphatic hydroxyl groups excluding tert-OH is 1. The summed E-state index contributed by atoms with van der Waals surface area (Å²) in [4.78, 5) is 2.36. The van der Waals surface area contributed by atoms with Gasteiger partial charge in [-0.15, -0.1) is 0 Å². The summed E-state index contributed by atoms with van der Waals surface area (Å²) >= 11 is 0. The lowest BCUT2D eigenvalue weighted by Crippen LogP contribution is -2.37. The van der Waals surface area contributed by atoms with Gasteiger partial charge in [0.2, 0.25) is 0 Å². The highest BCUT2D eigenvalue weighted by molar-refractivity contribution is 5.43. The van der Waals surface area contributed by atoms with E-state index in [0.29, 0.717) is 37.1 Å². The van der Waals surface area contributed by atoms with Crippen LogP contribution in [0, 0.1) is 0 Å². The Kier molecular flexibility index (Phi) is 9.84. The van der Waals surface area contributed by atoms with E-state index in [4.69, 9.17) is 14.0 Å². The van der Waals surface area contributed by atoms with Crippen LogP contribution in [-0.2, 0) is 13.1 Å². The van der Waals surface area contributed by atoms with Crippen LogP contribution in [0.25, 0.3) is 0 Å². The van der Waals surface area contributed by atoms with E-state index in [1.165, 1.54) is 32.1 Å². The summed E-state index contributed by atoms with van der Waals surface area (Å²) in [6, 6.07) is 7.88. The van der Waals surface area contributed by atoms with E-state index in [1.54, 1.807) is 7.11 Å². The van der Waals surface area contributed by atoms with E-state index >= 15 is 0 Å². The molecule has 2 N–H and O–H groups in total. The summed E-state index contributed by atoms with van der Waals surface area (Å²) in [5.41, 5.74) is 2.05. The molecule has 7 nitrogen and oxygen atoms in total. The monoisotopic (exact) mass is 445 g/mol. The molecule has 1 fully saturated rings. The number of nitrogens with one attached hydrogen (secondary N) is 1. The lowest BCUT2D eigenvalue weighted by atomic mass is 10.1. The molecule has 2 aromatic rings. The van der Waals surface area contributed by atoms with Gasteiger partial charge in [0.25, 0.3) is 0 Å². The van der Waals surface area contributed by atoms with Crippen molar-refractivity contribution in [3.63, 3.8) is 0 Å². The molecule has 0 bridgehead atoms. The summed E-state index contributed by atoms with van der Waals surface area (Å²) in [6.45, 7) is 8.53. The minimum Gasteiger partial charge on any atom is -0.493 e. The van der Waals surface area contributed by atoms with Crippen LogP contribution >= 0.6 is 0 Å². The molecular weight excluding hydrogens is 406 g/mol. The highest BCUT2D eigenvalue weighted by Gasteiger charge is 2.15. The molecule has 1 atom stereocenters. The van der Waals surface area contributed by atoms with Crippen LogP contribution in [0.2, 0.25) is 0 Å². The molecule has 0 saturated carbocycles. The molecule has 0 amide bonds. The van der Waals surface area contributed by atoms with Crippen molar-refractivity contribution in [3.8, 4) is 11.5 Å². The van der Waals surface area contributed by atoms with Crippen LogP contribution < -0.4 is 14.8 Å². The van der Waals surface area contributed by atoms with E-state index in [9.17, 15) is 5.11 Å². The predicted molar refractivity (Wildman–Crippen MR) is 125 cm³/mol. The number of β-amino-alcohol motifs (C(OH)–C–C–N with tert-alkyl or cyclic N) is 1. The van der Waals surface area contributed by atoms with Gasteiger partial charge in [-0.25, -0.2) is 0 Å². The number of hydrogen-bond acceptors (Lipinski definition) is 7. The zero-order valence-corrected chi connectivity index (χ0v) is 19.8. The van der Waals surface area contributed by atoms with E-state index in [-0.39, 0.29) is 6.61 Å². The largest absolute Gasteiger partial charge is 0.493 e. The first-order valence-electron chi connectivity index (χ1n) is 11.9. The van der Waals surface area contributed by atoms with Crippen LogP contribution in [-0.4, -0.2) is 54.6 Å². The number of aromatic nitrogens is 1. The Morgan fingerprint density at radius 1 is 1.06 bits per heavy atom. The van der Waals surface area contributed by atoms with Crippen molar-refractivity contribution in [3.05, 3.63) is 41.3 Å². The van der Waals surface area contributed by atoms with E-state index in [1.807, 2.05) is 24.3 Å². The van der Waals surface area contributed by atoms with Crippen LogP contribution in [0.5, 0.6) is 11.5 Å². The van der Waals surface area contributed by atoms with Crippen molar-refractivity contribution >= 4 is 0 Å². The van der Waals surface area contributed by atoms with Crippen molar-refractivity contribution in [1.29, 1.82) is 0 Å². The van der Waals surface area contributed by atoms with Gasteiger partial charge in [-0.05, 0) is 49.5 Å². The Balaban J connectivity index is 1.45. The molecule has 0 radical (unpaired) electrons. The number of ether oxygens (including phenoxy) is 2. The standard InChI is InChI=1S/C25H39N3O4/c1-19(2)23-14-22(32-27-23)16-26-15-20-9-10-24(25(13-20)30-3)31-18-21(29)17-28-11-7-5-4-6-8-12-28/h9-10,13-14,19,21,26,29H,4-8,11-12,15-18H2,1-3H3. The number of methoxy groups -OCH3 is 1. The topological polar surface area (TPSA) is 80.0 Å². The van der Waals surface area contributed by atoms with Crippen molar-refractivity contribution in [2.24, 2.45) is 0 Å². The van der Waals surface area contributed by atoms with Crippen LogP contribution in [0.3, 0.4) is 0 Å². The molecule has 178 valence electrons. The maximum atomic E-state index is 10.5. The maximum Gasteiger partial charge on any atom is 0.161 e. The molecule has 1 aliphatic rings. The molecule has 0 aliphatic carbocycles. The number of hydrogen-bond donors (Lipinski definition) is 2. The van der Waals surface area contributed by atoms with Gasteiger partial charge in [0.1, 0.15) is 12.7 Å². The smallest absolute Gasteiger partial charge is 0.161 e. The maximum absolute atomic E-state index is 10.5. The van der Waals surface area contributed by atoms with E-state index in [2.05, 4.69) is 29.2 Å². The minimum atomic E-state index is -0.516. The second-order valence-electron chi connectivity index (χ2n) is 8.99. The fraction of sp³-hybridized carbons (Fsp3) is 0.640. The fourth-order valence-corrected chi connectivity index (χ4v) is 3.99. The van der Waals surface area contributed by atoms with Gasteiger partial charge in [0.15, 0.2) is 17.3 Å². The fourth-order valence-electron chi connectivity index (χ4n) is 3.99. The molecule has 1 aromatic carbocycles. The molecule has 1 aliphatic heterocycles. The summed E-state index contributed by atoms with van der Waals surface area (Å²) in [7, 11) is 1.64. The second-order valence-corrected chi connectivity index (χ2v) is 8.99. The molecule has 7 heteroatoms. The van der Waals surface area contributed by atoms with Crippen LogP contribution in [0.15, 0.2) is 28.8 Å². The second kappa shape index (κ2) is 12.8. The molecule has 3 rings (SSSR count). The van der Waals surface area contributed by atoms with E-state index in [0.717, 1.165) is 30.1 Å². The van der Waals surface area contributed by atoms with Gasteiger partial charge in [-0.2, -0.15) is 0 Å². The number of benzene rings is 1.